The van der Waals surface area contributed by atoms with Gasteiger partial charge in [-0.2, -0.15) is 13.2 Å². The third-order valence-corrected chi connectivity index (χ3v) is 2.69. The first-order chi connectivity index (χ1) is 7.99. The second kappa shape index (κ2) is 5.91. The molecular weight excluding hydrogens is 229 g/mol. The second-order valence-corrected chi connectivity index (χ2v) is 3.85. The molecule has 0 aromatic heterocycles. The van der Waals surface area contributed by atoms with Crippen LogP contribution in [0.25, 0.3) is 0 Å². The van der Waals surface area contributed by atoms with Crippen molar-refractivity contribution in [1.82, 2.24) is 0 Å². The molecule has 0 fully saturated rings. The highest BCUT2D eigenvalue weighted by atomic mass is 19.4. The van der Waals surface area contributed by atoms with Gasteiger partial charge in [0.2, 0.25) is 0 Å². The minimum atomic E-state index is -4.24. The number of halogens is 3. The van der Waals surface area contributed by atoms with Gasteiger partial charge in [-0.3, -0.25) is 0 Å². The second-order valence-electron chi connectivity index (χ2n) is 3.85. The molecule has 0 amide bonds. The van der Waals surface area contributed by atoms with Gasteiger partial charge in [0, 0.05) is 25.3 Å². The maximum Gasteiger partial charge on any atom is 0.394 e. The fraction of sp³-hybridized carbons (Fsp3) is 0.500. The number of hydrogen-bond acceptors (Lipinski definition) is 2. The normalized spacial score (nSPS) is 13.5. The van der Waals surface area contributed by atoms with Crippen molar-refractivity contribution in [1.29, 1.82) is 0 Å². The fourth-order valence-electron chi connectivity index (χ4n) is 1.63. The Morgan fingerprint density at radius 2 is 1.82 bits per heavy atom. The number of anilines is 1. The molecule has 0 saturated heterocycles. The van der Waals surface area contributed by atoms with Crippen LogP contribution in [-0.2, 0) is 0 Å². The number of alkyl halides is 3. The number of benzene rings is 1. The maximum atomic E-state index is 12.6. The predicted octanol–water partition coefficient (Wildman–Crippen LogP) is 2.65. The molecule has 1 aromatic carbocycles. The molecule has 0 heterocycles. The molecule has 2 N–H and O–H groups in total. The van der Waals surface area contributed by atoms with Crippen LogP contribution >= 0.6 is 0 Å². The lowest BCUT2D eigenvalue weighted by Gasteiger charge is -2.28. The van der Waals surface area contributed by atoms with Crippen molar-refractivity contribution in [3.8, 4) is 0 Å². The number of rotatable bonds is 5. The van der Waals surface area contributed by atoms with Crippen molar-refractivity contribution in [2.75, 3.05) is 24.5 Å². The summed E-state index contributed by atoms with van der Waals surface area (Å²) in [6, 6.07) is 9.05. The highest BCUT2D eigenvalue weighted by Crippen LogP contribution is 2.27. The van der Waals surface area contributed by atoms with Crippen molar-refractivity contribution in [2.45, 2.75) is 13.1 Å². The lowest BCUT2D eigenvalue weighted by atomic mass is 10.1. The molecule has 5 heteroatoms. The summed E-state index contributed by atoms with van der Waals surface area (Å²) in [6.45, 7) is 1.88. The van der Waals surface area contributed by atoms with Gasteiger partial charge in [0.05, 0.1) is 5.92 Å². The first kappa shape index (κ1) is 13.8. The average Bonchev–Trinajstić information content (AvgIpc) is 2.30. The van der Waals surface area contributed by atoms with Crippen LogP contribution in [0.1, 0.15) is 6.92 Å². The van der Waals surface area contributed by atoms with E-state index in [9.17, 15) is 13.2 Å². The lowest BCUT2D eigenvalue weighted by Crippen LogP contribution is -2.41. The van der Waals surface area contributed by atoms with Gasteiger partial charge in [-0.1, -0.05) is 18.2 Å². The van der Waals surface area contributed by atoms with Crippen LogP contribution in [0.2, 0.25) is 0 Å². The molecule has 0 aliphatic carbocycles. The van der Waals surface area contributed by atoms with E-state index >= 15 is 0 Å². The van der Waals surface area contributed by atoms with Crippen LogP contribution in [0.4, 0.5) is 18.9 Å². The Labute approximate surface area is 99.2 Å². The van der Waals surface area contributed by atoms with Gasteiger partial charge in [-0.25, -0.2) is 0 Å². The van der Waals surface area contributed by atoms with E-state index in [1.165, 1.54) is 0 Å². The van der Waals surface area contributed by atoms with Crippen LogP contribution in [0.5, 0.6) is 0 Å². The van der Waals surface area contributed by atoms with Gasteiger partial charge in [-0.05, 0) is 19.1 Å². The molecular formula is C12H17F3N2. The standard InChI is InChI=1S/C12H17F3N2/c1-2-17(11-6-4-3-5-7-11)9-10(8-16)12(13,14)15/h3-7,10H,2,8-9,16H2,1H3. The molecule has 0 radical (unpaired) electrons. The summed E-state index contributed by atoms with van der Waals surface area (Å²) in [4.78, 5) is 1.69. The Bertz CT molecular complexity index is 324. The zero-order chi connectivity index (χ0) is 12.9. The summed E-state index contributed by atoms with van der Waals surface area (Å²) in [7, 11) is 0. The van der Waals surface area contributed by atoms with Gasteiger partial charge in [0.15, 0.2) is 0 Å². The fourth-order valence-corrected chi connectivity index (χ4v) is 1.63. The predicted molar refractivity (Wildman–Crippen MR) is 62.9 cm³/mol. The summed E-state index contributed by atoms with van der Waals surface area (Å²) in [6.07, 6.45) is -4.24. The van der Waals surface area contributed by atoms with Crippen LogP contribution in [0, 0.1) is 5.92 Å². The van der Waals surface area contributed by atoms with Crippen LogP contribution in [0.15, 0.2) is 30.3 Å². The maximum absolute atomic E-state index is 12.6. The van der Waals surface area contributed by atoms with E-state index in [-0.39, 0.29) is 13.1 Å². The smallest absolute Gasteiger partial charge is 0.371 e. The Morgan fingerprint density at radius 1 is 1.24 bits per heavy atom. The molecule has 0 aliphatic heterocycles. The number of nitrogens with zero attached hydrogens (tertiary/aromatic N) is 1. The molecule has 1 rings (SSSR count). The van der Waals surface area contributed by atoms with Crippen LogP contribution < -0.4 is 10.6 Å². The molecule has 0 saturated carbocycles. The van der Waals surface area contributed by atoms with Crippen molar-refractivity contribution < 1.29 is 13.2 Å². The minimum Gasteiger partial charge on any atom is -0.371 e. The first-order valence-electron chi connectivity index (χ1n) is 5.55. The number of hydrogen-bond donors (Lipinski definition) is 1. The summed E-state index contributed by atoms with van der Waals surface area (Å²) >= 11 is 0. The van der Waals surface area contributed by atoms with Crippen molar-refractivity contribution in [3.05, 3.63) is 30.3 Å². The van der Waals surface area contributed by atoms with E-state index in [2.05, 4.69) is 0 Å². The Balaban J connectivity index is 2.76. The minimum absolute atomic E-state index is 0.0967. The topological polar surface area (TPSA) is 29.3 Å². The van der Waals surface area contributed by atoms with E-state index in [0.717, 1.165) is 5.69 Å². The Hall–Kier alpha value is -1.23. The number of nitrogens with two attached hydrogens (primary N) is 1. The Kier molecular flexibility index (Phi) is 4.81. The SMILES string of the molecule is CCN(CC(CN)C(F)(F)F)c1ccccc1. The van der Waals surface area contributed by atoms with Gasteiger partial charge in [0.25, 0.3) is 0 Å². The van der Waals surface area contributed by atoms with E-state index in [1.807, 2.05) is 25.1 Å². The largest absolute Gasteiger partial charge is 0.394 e. The zero-order valence-corrected chi connectivity index (χ0v) is 9.74. The molecule has 2 nitrogen and oxygen atoms in total. The highest BCUT2D eigenvalue weighted by Gasteiger charge is 2.39. The molecule has 1 atom stereocenters. The van der Waals surface area contributed by atoms with Crippen molar-refractivity contribution in [2.24, 2.45) is 11.7 Å². The van der Waals surface area contributed by atoms with Crippen LogP contribution in [-0.4, -0.2) is 25.8 Å². The summed E-state index contributed by atoms with van der Waals surface area (Å²) in [5.41, 5.74) is 5.98. The van der Waals surface area contributed by atoms with E-state index in [1.54, 1.807) is 17.0 Å². The zero-order valence-electron chi connectivity index (χ0n) is 9.74. The first-order valence-corrected chi connectivity index (χ1v) is 5.55. The van der Waals surface area contributed by atoms with Gasteiger partial charge < -0.3 is 10.6 Å². The molecule has 1 unspecified atom stereocenters. The van der Waals surface area contributed by atoms with Gasteiger partial charge in [0.1, 0.15) is 0 Å². The van der Waals surface area contributed by atoms with Crippen molar-refractivity contribution in [3.63, 3.8) is 0 Å². The molecule has 96 valence electrons. The summed E-state index contributed by atoms with van der Waals surface area (Å²) in [5, 5.41) is 0. The molecule has 0 spiro atoms. The van der Waals surface area contributed by atoms with Gasteiger partial charge >= 0.3 is 6.18 Å². The van der Waals surface area contributed by atoms with Crippen LogP contribution in [0.3, 0.4) is 0 Å². The molecule has 0 aliphatic rings. The average molecular weight is 246 g/mol. The summed E-state index contributed by atoms with van der Waals surface area (Å²) < 4.78 is 37.9. The van der Waals surface area contributed by atoms with E-state index in [0.29, 0.717) is 6.54 Å². The molecule has 1 aromatic rings. The van der Waals surface area contributed by atoms with E-state index < -0.39 is 12.1 Å². The molecule has 0 bridgehead atoms. The van der Waals surface area contributed by atoms with E-state index in [4.69, 9.17) is 5.73 Å². The lowest BCUT2D eigenvalue weighted by molar-refractivity contribution is -0.168. The third-order valence-electron chi connectivity index (χ3n) is 2.69. The quantitative estimate of drug-likeness (QED) is 0.865. The number of para-hydroxylation sites is 1. The Morgan fingerprint density at radius 3 is 2.24 bits per heavy atom. The highest BCUT2D eigenvalue weighted by molar-refractivity contribution is 5.45. The van der Waals surface area contributed by atoms with Gasteiger partial charge in [-0.15, -0.1) is 0 Å². The summed E-state index contributed by atoms with van der Waals surface area (Å²) in [5.74, 6) is -1.48. The van der Waals surface area contributed by atoms with Crippen molar-refractivity contribution >= 4 is 5.69 Å². The third kappa shape index (κ3) is 3.93. The monoisotopic (exact) mass is 246 g/mol. The molecule has 17 heavy (non-hydrogen) atoms.